The van der Waals surface area contributed by atoms with Crippen LogP contribution in [0.1, 0.15) is 18.4 Å². The quantitative estimate of drug-likeness (QED) is 0.623. The third kappa shape index (κ3) is 4.66. The SMILES string of the molecule is Cn1c(=O)oc2cc(S(=O)(=O)NCCN3CCC(Cc4ccccc4)CC3)ccc21. The first-order valence-electron chi connectivity index (χ1n) is 10.3. The van der Waals surface area contributed by atoms with Crippen molar-refractivity contribution in [3.8, 4) is 0 Å². The summed E-state index contributed by atoms with van der Waals surface area (Å²) < 4.78 is 34.3. The number of likely N-dealkylation sites (tertiary alicyclic amines) is 1. The molecule has 3 aromatic rings. The summed E-state index contributed by atoms with van der Waals surface area (Å²) in [5.74, 6) is 0.177. The van der Waals surface area contributed by atoms with Gasteiger partial charge in [-0.05, 0) is 56.0 Å². The van der Waals surface area contributed by atoms with Crippen molar-refractivity contribution in [2.75, 3.05) is 26.2 Å². The van der Waals surface area contributed by atoms with Gasteiger partial charge in [-0.2, -0.15) is 0 Å². The molecular formula is C22H27N3O4S. The highest BCUT2D eigenvalue weighted by Crippen LogP contribution is 2.21. The number of hydrogen-bond donors (Lipinski definition) is 1. The van der Waals surface area contributed by atoms with Crippen molar-refractivity contribution >= 4 is 21.1 Å². The van der Waals surface area contributed by atoms with Gasteiger partial charge in [-0.15, -0.1) is 0 Å². The molecule has 1 aliphatic rings. The maximum absolute atomic E-state index is 12.6. The van der Waals surface area contributed by atoms with Gasteiger partial charge in [-0.1, -0.05) is 30.3 Å². The minimum absolute atomic E-state index is 0.103. The fourth-order valence-corrected chi connectivity index (χ4v) is 5.10. The number of rotatable bonds is 7. The highest BCUT2D eigenvalue weighted by atomic mass is 32.2. The van der Waals surface area contributed by atoms with Gasteiger partial charge in [0.15, 0.2) is 5.58 Å². The molecular weight excluding hydrogens is 402 g/mol. The Morgan fingerprint density at radius 1 is 1.10 bits per heavy atom. The molecule has 160 valence electrons. The molecule has 0 amide bonds. The van der Waals surface area contributed by atoms with Crippen LogP contribution >= 0.6 is 0 Å². The van der Waals surface area contributed by atoms with E-state index in [-0.39, 0.29) is 10.5 Å². The van der Waals surface area contributed by atoms with Crippen molar-refractivity contribution in [3.05, 3.63) is 64.6 Å². The van der Waals surface area contributed by atoms with E-state index in [0.717, 1.165) is 32.4 Å². The van der Waals surface area contributed by atoms with Crippen molar-refractivity contribution in [3.63, 3.8) is 0 Å². The molecule has 0 spiro atoms. The third-order valence-electron chi connectivity index (χ3n) is 5.87. The van der Waals surface area contributed by atoms with Gasteiger partial charge in [0.05, 0.1) is 10.4 Å². The Kier molecular flexibility index (Phi) is 6.08. The number of oxazole rings is 1. The van der Waals surface area contributed by atoms with E-state index >= 15 is 0 Å². The van der Waals surface area contributed by atoms with E-state index in [1.54, 1.807) is 13.1 Å². The monoisotopic (exact) mass is 429 g/mol. The zero-order valence-corrected chi connectivity index (χ0v) is 17.9. The molecule has 4 rings (SSSR count). The van der Waals surface area contributed by atoms with Crippen LogP contribution in [0.5, 0.6) is 0 Å². The highest BCUT2D eigenvalue weighted by molar-refractivity contribution is 7.89. The average Bonchev–Trinajstić information content (AvgIpc) is 3.03. The molecule has 0 bridgehead atoms. The summed E-state index contributed by atoms with van der Waals surface area (Å²) in [7, 11) is -2.07. The van der Waals surface area contributed by atoms with Gasteiger partial charge >= 0.3 is 5.76 Å². The largest absolute Gasteiger partial charge is 0.419 e. The molecule has 2 aromatic carbocycles. The maximum atomic E-state index is 12.6. The molecule has 8 heteroatoms. The van der Waals surface area contributed by atoms with E-state index < -0.39 is 15.8 Å². The Labute approximate surface area is 176 Å². The number of sulfonamides is 1. The van der Waals surface area contributed by atoms with Crippen molar-refractivity contribution in [1.29, 1.82) is 0 Å². The van der Waals surface area contributed by atoms with E-state index in [4.69, 9.17) is 4.42 Å². The number of nitrogens with zero attached hydrogens (tertiary/aromatic N) is 2. The van der Waals surface area contributed by atoms with Crippen molar-refractivity contribution in [2.45, 2.75) is 24.2 Å². The number of aromatic nitrogens is 1. The van der Waals surface area contributed by atoms with Crippen molar-refractivity contribution in [1.82, 2.24) is 14.2 Å². The number of aryl methyl sites for hydroxylation is 1. The predicted molar refractivity (Wildman–Crippen MR) is 116 cm³/mol. The summed E-state index contributed by atoms with van der Waals surface area (Å²) in [6.45, 7) is 3.00. The van der Waals surface area contributed by atoms with Crippen molar-refractivity contribution in [2.24, 2.45) is 13.0 Å². The fourth-order valence-electron chi connectivity index (χ4n) is 4.06. The van der Waals surface area contributed by atoms with Crippen LogP contribution in [-0.4, -0.2) is 44.1 Å². The molecule has 0 aliphatic carbocycles. The van der Waals surface area contributed by atoms with E-state index in [9.17, 15) is 13.2 Å². The van der Waals surface area contributed by atoms with Crippen LogP contribution in [0.15, 0.2) is 62.6 Å². The molecule has 0 radical (unpaired) electrons. The lowest BCUT2D eigenvalue weighted by Gasteiger charge is -2.32. The number of nitrogens with one attached hydrogen (secondary N) is 1. The minimum atomic E-state index is -3.66. The topological polar surface area (TPSA) is 84.5 Å². The Morgan fingerprint density at radius 2 is 1.83 bits per heavy atom. The van der Waals surface area contributed by atoms with Crippen molar-refractivity contribution < 1.29 is 12.8 Å². The van der Waals surface area contributed by atoms with Gasteiger partial charge in [0.1, 0.15) is 0 Å². The second kappa shape index (κ2) is 8.75. The van der Waals surface area contributed by atoms with E-state index in [2.05, 4.69) is 33.9 Å². The summed E-state index contributed by atoms with van der Waals surface area (Å²) in [5.41, 5.74) is 2.22. The molecule has 1 aliphatic heterocycles. The molecule has 1 saturated heterocycles. The first-order valence-corrected chi connectivity index (χ1v) is 11.8. The minimum Gasteiger partial charge on any atom is -0.408 e. The second-order valence-electron chi connectivity index (χ2n) is 7.93. The molecule has 7 nitrogen and oxygen atoms in total. The van der Waals surface area contributed by atoms with Gasteiger partial charge in [0, 0.05) is 26.2 Å². The smallest absolute Gasteiger partial charge is 0.408 e. The molecule has 1 N–H and O–H groups in total. The third-order valence-corrected chi connectivity index (χ3v) is 7.33. The number of piperidine rings is 1. The molecule has 2 heterocycles. The predicted octanol–water partition coefficient (Wildman–Crippen LogP) is 2.36. The Morgan fingerprint density at radius 3 is 2.57 bits per heavy atom. The van der Waals surface area contributed by atoms with Gasteiger partial charge in [0.2, 0.25) is 10.0 Å². The normalized spacial score (nSPS) is 16.3. The number of hydrogen-bond acceptors (Lipinski definition) is 5. The van der Waals surface area contributed by atoms with Gasteiger partial charge < -0.3 is 9.32 Å². The number of fused-ring (bicyclic) bond motifs is 1. The molecule has 1 fully saturated rings. The van der Waals surface area contributed by atoms with Gasteiger partial charge in [-0.3, -0.25) is 4.57 Å². The maximum Gasteiger partial charge on any atom is 0.419 e. The van der Waals surface area contributed by atoms with Crippen LogP contribution in [0.2, 0.25) is 0 Å². The highest BCUT2D eigenvalue weighted by Gasteiger charge is 2.21. The molecule has 30 heavy (non-hydrogen) atoms. The van der Waals surface area contributed by atoms with Crippen LogP contribution in [0.4, 0.5) is 0 Å². The zero-order chi connectivity index (χ0) is 21.1. The Hall–Kier alpha value is -2.42. The summed E-state index contributed by atoms with van der Waals surface area (Å²) in [5, 5.41) is 0. The van der Waals surface area contributed by atoms with E-state index in [1.165, 1.54) is 22.3 Å². The van der Waals surface area contributed by atoms with Crippen LogP contribution in [0, 0.1) is 5.92 Å². The number of benzene rings is 2. The standard InChI is InChI=1S/C22H27N3O4S/c1-24-20-8-7-19(16-21(20)29-22(24)26)30(27,28)23-11-14-25-12-9-18(10-13-25)15-17-5-3-2-4-6-17/h2-8,16,18,23H,9-15H2,1H3. The summed E-state index contributed by atoms with van der Waals surface area (Å²) >= 11 is 0. The van der Waals surface area contributed by atoms with E-state index in [0.29, 0.717) is 24.5 Å². The lowest BCUT2D eigenvalue weighted by molar-refractivity contribution is 0.187. The second-order valence-corrected chi connectivity index (χ2v) is 9.70. The lowest BCUT2D eigenvalue weighted by atomic mass is 9.90. The first kappa shape index (κ1) is 20.8. The average molecular weight is 430 g/mol. The summed E-state index contributed by atoms with van der Waals surface area (Å²) in [6, 6.07) is 15.0. The lowest BCUT2D eigenvalue weighted by Crippen LogP contribution is -2.39. The Balaban J connectivity index is 1.27. The molecule has 0 atom stereocenters. The van der Waals surface area contributed by atoms with Crippen LogP contribution in [0.3, 0.4) is 0 Å². The first-order chi connectivity index (χ1) is 14.4. The molecule has 1 aromatic heterocycles. The van der Waals surface area contributed by atoms with Crippen LogP contribution in [-0.2, 0) is 23.5 Å². The van der Waals surface area contributed by atoms with Gasteiger partial charge in [0.25, 0.3) is 0 Å². The molecule has 0 saturated carbocycles. The zero-order valence-electron chi connectivity index (χ0n) is 17.1. The Bertz CT molecular complexity index is 1160. The molecule has 0 unspecified atom stereocenters. The summed E-state index contributed by atoms with van der Waals surface area (Å²) in [6.07, 6.45) is 3.37. The van der Waals surface area contributed by atoms with Crippen LogP contribution in [0.25, 0.3) is 11.1 Å². The fraction of sp³-hybridized carbons (Fsp3) is 0.409. The summed E-state index contributed by atoms with van der Waals surface area (Å²) in [4.78, 5) is 14.0. The van der Waals surface area contributed by atoms with Gasteiger partial charge in [-0.25, -0.2) is 17.9 Å². The van der Waals surface area contributed by atoms with Crippen LogP contribution < -0.4 is 10.5 Å². The van der Waals surface area contributed by atoms with E-state index in [1.807, 2.05) is 6.07 Å².